The third-order valence-corrected chi connectivity index (χ3v) is 5.45. The number of nitrogens with one attached hydrogen (secondary N) is 1. The second-order valence-corrected chi connectivity index (χ2v) is 8.15. The summed E-state index contributed by atoms with van der Waals surface area (Å²) in [6.07, 6.45) is 0. The first-order chi connectivity index (χ1) is 14.3. The summed E-state index contributed by atoms with van der Waals surface area (Å²) in [6, 6.07) is 21.0. The zero-order valence-corrected chi connectivity index (χ0v) is 16.3. The van der Waals surface area contributed by atoms with E-state index in [1.807, 2.05) is 12.1 Å². The number of fused-ring (bicyclic) bond motifs is 1. The molecule has 0 fully saturated rings. The van der Waals surface area contributed by atoms with Crippen molar-refractivity contribution in [2.45, 2.75) is 4.90 Å². The molecule has 0 aliphatic carbocycles. The fourth-order valence-electron chi connectivity index (χ4n) is 3.02. The molecule has 0 aliphatic rings. The van der Waals surface area contributed by atoms with Crippen molar-refractivity contribution in [3.63, 3.8) is 0 Å². The highest BCUT2D eigenvalue weighted by molar-refractivity contribution is 7.89. The van der Waals surface area contributed by atoms with Gasteiger partial charge in [0.1, 0.15) is 5.58 Å². The van der Waals surface area contributed by atoms with E-state index in [1.165, 1.54) is 24.3 Å². The van der Waals surface area contributed by atoms with Crippen LogP contribution < -0.4 is 16.1 Å². The third-order valence-electron chi connectivity index (χ3n) is 4.52. The van der Waals surface area contributed by atoms with E-state index in [1.54, 1.807) is 42.5 Å². The number of rotatable bonds is 4. The van der Waals surface area contributed by atoms with E-state index in [4.69, 9.17) is 9.56 Å². The lowest BCUT2D eigenvalue weighted by atomic mass is 10.0. The molecule has 30 heavy (non-hydrogen) atoms. The number of sulfonamides is 1. The zero-order chi connectivity index (χ0) is 21.3. The first-order valence-corrected chi connectivity index (χ1v) is 10.4. The lowest BCUT2D eigenvalue weighted by Crippen LogP contribution is -2.14. The van der Waals surface area contributed by atoms with Crippen molar-refractivity contribution in [3.05, 3.63) is 94.8 Å². The molecule has 0 saturated heterocycles. The summed E-state index contributed by atoms with van der Waals surface area (Å²) in [4.78, 5) is 25.0. The molecule has 0 bridgehead atoms. The van der Waals surface area contributed by atoms with Gasteiger partial charge in [-0.3, -0.25) is 4.79 Å². The predicted molar refractivity (Wildman–Crippen MR) is 114 cm³/mol. The summed E-state index contributed by atoms with van der Waals surface area (Å²) in [5, 5.41) is 8.53. The van der Waals surface area contributed by atoms with E-state index in [-0.39, 0.29) is 4.90 Å². The summed E-state index contributed by atoms with van der Waals surface area (Å²) in [7, 11) is -3.81. The Labute approximate surface area is 171 Å². The number of anilines is 1. The molecule has 4 rings (SSSR count). The third kappa shape index (κ3) is 4.00. The highest BCUT2D eigenvalue weighted by Crippen LogP contribution is 2.22. The zero-order valence-electron chi connectivity index (χ0n) is 15.5. The number of primary sulfonamides is 1. The first-order valence-electron chi connectivity index (χ1n) is 8.89. The first kappa shape index (κ1) is 19.6. The van der Waals surface area contributed by atoms with E-state index in [9.17, 15) is 18.0 Å². The van der Waals surface area contributed by atoms with Crippen LogP contribution in [0.15, 0.2) is 93.0 Å². The van der Waals surface area contributed by atoms with Gasteiger partial charge in [0.2, 0.25) is 10.0 Å². The number of hydrogen-bond donors (Lipinski definition) is 2. The van der Waals surface area contributed by atoms with E-state index in [0.717, 1.165) is 5.39 Å². The quantitative estimate of drug-likeness (QED) is 0.491. The van der Waals surface area contributed by atoms with Gasteiger partial charge in [-0.25, -0.2) is 18.4 Å². The highest BCUT2D eigenvalue weighted by atomic mass is 32.2. The molecule has 4 aromatic rings. The Kier molecular flexibility index (Phi) is 4.94. The molecule has 3 aromatic carbocycles. The van der Waals surface area contributed by atoms with Crippen molar-refractivity contribution in [1.29, 1.82) is 0 Å². The number of para-hydroxylation sites is 1. The van der Waals surface area contributed by atoms with Crippen LogP contribution in [0.2, 0.25) is 0 Å². The molecule has 0 radical (unpaired) electrons. The van der Waals surface area contributed by atoms with Crippen molar-refractivity contribution in [1.82, 2.24) is 0 Å². The maximum atomic E-state index is 12.6. The minimum Gasteiger partial charge on any atom is -0.422 e. The normalized spacial score (nSPS) is 11.4. The van der Waals surface area contributed by atoms with Crippen LogP contribution in [-0.2, 0) is 10.0 Å². The topological polar surface area (TPSA) is 119 Å². The average molecular weight is 420 g/mol. The highest BCUT2D eigenvalue weighted by Gasteiger charge is 2.12. The second kappa shape index (κ2) is 7.58. The molecule has 0 spiro atoms. The van der Waals surface area contributed by atoms with Gasteiger partial charge in [-0.1, -0.05) is 30.3 Å². The maximum Gasteiger partial charge on any atom is 0.344 e. The fraction of sp³-hybridized carbons (Fsp3) is 0. The van der Waals surface area contributed by atoms with Gasteiger partial charge in [-0.2, -0.15) is 0 Å². The number of carbonyl (C=O) groups is 1. The van der Waals surface area contributed by atoms with Gasteiger partial charge in [0.15, 0.2) is 0 Å². The molecular formula is C22H16N2O5S. The van der Waals surface area contributed by atoms with Crippen LogP contribution in [0.3, 0.4) is 0 Å². The van der Waals surface area contributed by atoms with Gasteiger partial charge >= 0.3 is 5.63 Å². The van der Waals surface area contributed by atoms with E-state index in [2.05, 4.69) is 5.32 Å². The summed E-state index contributed by atoms with van der Waals surface area (Å²) >= 11 is 0. The maximum absolute atomic E-state index is 12.6. The Bertz CT molecular complexity index is 1420. The molecule has 150 valence electrons. The smallest absolute Gasteiger partial charge is 0.344 e. The fourth-order valence-corrected chi connectivity index (χ4v) is 3.54. The minimum absolute atomic E-state index is 0.0504. The molecular weight excluding hydrogens is 404 g/mol. The van der Waals surface area contributed by atoms with Crippen molar-refractivity contribution in [3.8, 4) is 11.1 Å². The summed E-state index contributed by atoms with van der Waals surface area (Å²) in [5.41, 5.74) is 1.62. The molecule has 7 nitrogen and oxygen atoms in total. The Hall–Kier alpha value is -3.75. The summed E-state index contributed by atoms with van der Waals surface area (Å²) in [6.45, 7) is 0. The standard InChI is InChI=1S/C22H16N2O5S/c23-30(27,28)18-10-8-17(9-11-18)24-21(25)16-6-3-5-14(12-16)19-13-15-4-1-2-7-20(15)29-22(19)26/h1-13H,(H,24,25)(H2,23,27,28). The number of nitrogens with two attached hydrogens (primary N) is 1. The van der Waals surface area contributed by atoms with Gasteiger partial charge in [0.25, 0.3) is 5.91 Å². The predicted octanol–water partition coefficient (Wildman–Crippen LogP) is 3.36. The van der Waals surface area contributed by atoms with Crippen LogP contribution in [0.1, 0.15) is 10.4 Å². The minimum atomic E-state index is -3.81. The van der Waals surface area contributed by atoms with E-state index < -0.39 is 21.6 Å². The van der Waals surface area contributed by atoms with Gasteiger partial charge < -0.3 is 9.73 Å². The average Bonchev–Trinajstić information content (AvgIpc) is 2.73. The van der Waals surface area contributed by atoms with Gasteiger partial charge in [-0.15, -0.1) is 0 Å². The van der Waals surface area contributed by atoms with Crippen LogP contribution in [0.25, 0.3) is 22.1 Å². The SMILES string of the molecule is NS(=O)(=O)c1ccc(NC(=O)c2cccc(-c3cc4ccccc4oc3=O)c2)cc1. The van der Waals surface area contributed by atoms with E-state index in [0.29, 0.717) is 28.0 Å². The number of amides is 1. The molecule has 0 unspecified atom stereocenters. The lowest BCUT2D eigenvalue weighted by Gasteiger charge is -2.08. The lowest BCUT2D eigenvalue weighted by molar-refractivity contribution is 0.102. The Morgan fingerprint density at radius 1 is 0.900 bits per heavy atom. The molecule has 0 aliphatic heterocycles. The van der Waals surface area contributed by atoms with Crippen molar-refractivity contribution >= 4 is 32.6 Å². The van der Waals surface area contributed by atoms with Crippen molar-refractivity contribution < 1.29 is 17.6 Å². The number of hydrogen-bond acceptors (Lipinski definition) is 5. The molecule has 0 saturated carbocycles. The Balaban J connectivity index is 1.63. The van der Waals surface area contributed by atoms with Crippen LogP contribution in [0.5, 0.6) is 0 Å². The second-order valence-electron chi connectivity index (χ2n) is 6.59. The summed E-state index contributed by atoms with van der Waals surface area (Å²) < 4.78 is 28.0. The summed E-state index contributed by atoms with van der Waals surface area (Å²) in [5.74, 6) is -0.412. The van der Waals surface area contributed by atoms with Crippen molar-refractivity contribution in [2.24, 2.45) is 5.14 Å². The number of benzene rings is 3. The molecule has 8 heteroatoms. The molecule has 0 atom stereocenters. The Morgan fingerprint density at radius 3 is 2.37 bits per heavy atom. The van der Waals surface area contributed by atoms with E-state index >= 15 is 0 Å². The Morgan fingerprint density at radius 2 is 1.63 bits per heavy atom. The monoisotopic (exact) mass is 420 g/mol. The molecule has 3 N–H and O–H groups in total. The molecule has 1 amide bonds. The van der Waals surface area contributed by atoms with Crippen LogP contribution >= 0.6 is 0 Å². The van der Waals surface area contributed by atoms with Crippen LogP contribution in [-0.4, -0.2) is 14.3 Å². The van der Waals surface area contributed by atoms with Gasteiger partial charge in [-0.05, 0) is 54.1 Å². The molecule has 1 heterocycles. The van der Waals surface area contributed by atoms with Crippen molar-refractivity contribution in [2.75, 3.05) is 5.32 Å². The van der Waals surface area contributed by atoms with Crippen LogP contribution in [0.4, 0.5) is 5.69 Å². The number of carbonyl (C=O) groups excluding carboxylic acids is 1. The van der Waals surface area contributed by atoms with Gasteiger partial charge in [0, 0.05) is 16.6 Å². The van der Waals surface area contributed by atoms with Crippen LogP contribution in [0, 0.1) is 0 Å². The molecule has 1 aromatic heterocycles. The van der Waals surface area contributed by atoms with Gasteiger partial charge in [0.05, 0.1) is 10.5 Å². The largest absolute Gasteiger partial charge is 0.422 e.